The number of nitrogens with zero attached hydrogens (tertiary/aromatic N) is 1. The molecule has 0 aromatic carbocycles. The summed E-state index contributed by atoms with van der Waals surface area (Å²) in [6, 6.07) is 4.07. The van der Waals surface area contributed by atoms with Crippen molar-refractivity contribution in [1.82, 2.24) is 4.57 Å². The predicted molar refractivity (Wildman–Crippen MR) is 87.4 cm³/mol. The molecule has 0 atom stereocenters. The van der Waals surface area contributed by atoms with Gasteiger partial charge >= 0.3 is 0 Å². The van der Waals surface area contributed by atoms with Crippen LogP contribution in [0, 0.1) is 0 Å². The molecular weight excluding hydrogens is 248 g/mol. The predicted octanol–water partition coefficient (Wildman–Crippen LogP) is 4.33. The van der Waals surface area contributed by atoms with Gasteiger partial charge in [0.1, 0.15) is 0 Å². The Balaban J connectivity index is 2.56. The molecule has 3 nitrogen and oxygen atoms in total. The third-order valence-corrected chi connectivity index (χ3v) is 3.77. The Bertz CT molecular complexity index is 415. The van der Waals surface area contributed by atoms with Crippen LogP contribution in [-0.4, -0.2) is 10.6 Å². The normalized spacial score (nSPS) is 11.0. The first-order valence-electron chi connectivity index (χ1n) is 8.10. The minimum Gasteiger partial charge on any atom is -0.381 e. The lowest BCUT2D eigenvalue weighted by Crippen LogP contribution is -2.22. The van der Waals surface area contributed by atoms with Crippen molar-refractivity contribution in [2.75, 3.05) is 5.32 Å². The minimum absolute atomic E-state index is 0.0454. The lowest BCUT2D eigenvalue weighted by atomic mass is 10.0. The zero-order valence-corrected chi connectivity index (χ0v) is 13.3. The molecule has 0 bridgehead atoms. The van der Waals surface area contributed by atoms with E-state index in [1.54, 1.807) is 17.7 Å². The number of nitrogens with one attached hydrogen (secondary N) is 1. The van der Waals surface area contributed by atoms with Gasteiger partial charge < -0.3 is 9.88 Å². The van der Waals surface area contributed by atoms with E-state index in [0.717, 1.165) is 5.69 Å². The summed E-state index contributed by atoms with van der Waals surface area (Å²) in [5, 5.41) is 3.61. The van der Waals surface area contributed by atoms with Crippen molar-refractivity contribution in [3.63, 3.8) is 0 Å². The molecule has 1 heterocycles. The molecule has 0 unspecified atom stereocenters. The molecule has 1 N–H and O–H groups in total. The second kappa shape index (κ2) is 9.62. The Kier molecular flexibility index (Phi) is 8.08. The topological polar surface area (TPSA) is 34.0 Å². The zero-order valence-electron chi connectivity index (χ0n) is 13.3. The van der Waals surface area contributed by atoms with Crippen LogP contribution < -0.4 is 10.9 Å². The molecule has 0 fully saturated rings. The zero-order chi connectivity index (χ0) is 14.8. The first kappa shape index (κ1) is 16.8. The van der Waals surface area contributed by atoms with Crippen molar-refractivity contribution in [1.29, 1.82) is 0 Å². The van der Waals surface area contributed by atoms with Crippen LogP contribution in [0.25, 0.3) is 0 Å². The van der Waals surface area contributed by atoms with Crippen LogP contribution in [0.3, 0.4) is 0 Å². The summed E-state index contributed by atoms with van der Waals surface area (Å²) in [5.41, 5.74) is 1.11. The largest absolute Gasteiger partial charge is 0.381 e. The van der Waals surface area contributed by atoms with Crippen LogP contribution in [0.15, 0.2) is 23.1 Å². The van der Waals surface area contributed by atoms with E-state index in [2.05, 4.69) is 19.2 Å². The monoisotopic (exact) mass is 278 g/mol. The third kappa shape index (κ3) is 6.27. The first-order valence-corrected chi connectivity index (χ1v) is 8.10. The average molecular weight is 278 g/mol. The quantitative estimate of drug-likeness (QED) is 0.646. The van der Waals surface area contributed by atoms with Gasteiger partial charge in [-0.3, -0.25) is 4.79 Å². The maximum absolute atomic E-state index is 11.4. The number of pyridine rings is 1. The van der Waals surface area contributed by atoms with Crippen molar-refractivity contribution in [3.8, 4) is 0 Å². The molecule has 0 amide bonds. The highest BCUT2D eigenvalue weighted by Crippen LogP contribution is 2.16. The van der Waals surface area contributed by atoms with E-state index in [1.165, 1.54) is 51.4 Å². The summed E-state index contributed by atoms with van der Waals surface area (Å²) in [5.74, 6) is 0. The van der Waals surface area contributed by atoms with Crippen LogP contribution >= 0.6 is 0 Å². The number of hydrogen-bond acceptors (Lipinski definition) is 2. The summed E-state index contributed by atoms with van der Waals surface area (Å²) in [7, 11) is 1.80. The van der Waals surface area contributed by atoms with Crippen molar-refractivity contribution in [3.05, 3.63) is 28.7 Å². The molecule has 0 spiro atoms. The number of aryl methyl sites for hydroxylation is 1. The van der Waals surface area contributed by atoms with E-state index >= 15 is 0 Å². The van der Waals surface area contributed by atoms with Gasteiger partial charge in [0, 0.05) is 25.4 Å². The number of hydrogen-bond donors (Lipinski definition) is 1. The molecular formula is C17H30N2O. The van der Waals surface area contributed by atoms with Crippen molar-refractivity contribution >= 4 is 5.69 Å². The number of rotatable bonds is 10. The Morgan fingerprint density at radius 3 is 2.15 bits per heavy atom. The summed E-state index contributed by atoms with van der Waals surface area (Å²) >= 11 is 0. The van der Waals surface area contributed by atoms with E-state index in [-0.39, 0.29) is 5.56 Å². The smallest absolute Gasteiger partial charge is 0.250 e. The van der Waals surface area contributed by atoms with Crippen LogP contribution in [0.1, 0.15) is 65.2 Å². The Hall–Kier alpha value is -1.25. The lowest BCUT2D eigenvalue weighted by Gasteiger charge is -2.20. The molecule has 0 saturated carbocycles. The van der Waals surface area contributed by atoms with Gasteiger partial charge in [-0.1, -0.05) is 52.4 Å². The van der Waals surface area contributed by atoms with Gasteiger partial charge in [-0.25, -0.2) is 0 Å². The molecule has 1 aromatic rings. The van der Waals surface area contributed by atoms with Crippen LogP contribution in [0.2, 0.25) is 0 Å². The fourth-order valence-electron chi connectivity index (χ4n) is 2.49. The van der Waals surface area contributed by atoms with E-state index in [1.807, 2.05) is 12.3 Å². The summed E-state index contributed by atoms with van der Waals surface area (Å²) < 4.78 is 1.64. The molecule has 0 radical (unpaired) electrons. The van der Waals surface area contributed by atoms with Crippen molar-refractivity contribution in [2.45, 2.75) is 71.3 Å². The summed E-state index contributed by atoms with van der Waals surface area (Å²) in [6.45, 7) is 4.49. The average Bonchev–Trinajstić information content (AvgIpc) is 2.43. The van der Waals surface area contributed by atoms with Crippen molar-refractivity contribution in [2.24, 2.45) is 7.05 Å². The molecule has 0 aliphatic heterocycles. The molecule has 20 heavy (non-hydrogen) atoms. The fraction of sp³-hybridized carbons (Fsp3) is 0.706. The van der Waals surface area contributed by atoms with Crippen LogP contribution in [0.5, 0.6) is 0 Å². The van der Waals surface area contributed by atoms with Gasteiger partial charge in [0.05, 0.1) is 5.69 Å². The maximum atomic E-state index is 11.4. The van der Waals surface area contributed by atoms with Gasteiger partial charge in [-0.2, -0.15) is 0 Å². The standard InChI is InChI=1S/C17H30N2O/c1-4-6-8-10-15(11-9-7-5-2)18-16-12-13-17(20)19(3)14-16/h12-15,18H,4-11H2,1-3H3. The third-order valence-electron chi connectivity index (χ3n) is 3.77. The van der Waals surface area contributed by atoms with Gasteiger partial charge in [-0.15, -0.1) is 0 Å². The highest BCUT2D eigenvalue weighted by molar-refractivity contribution is 5.41. The summed E-state index contributed by atoms with van der Waals surface area (Å²) in [6.07, 6.45) is 12.1. The second-order valence-electron chi connectivity index (χ2n) is 5.70. The van der Waals surface area contributed by atoms with E-state index in [0.29, 0.717) is 6.04 Å². The number of unbranched alkanes of at least 4 members (excludes halogenated alkanes) is 4. The second-order valence-corrected chi connectivity index (χ2v) is 5.70. The molecule has 0 saturated heterocycles. The van der Waals surface area contributed by atoms with Gasteiger partial charge in [0.25, 0.3) is 0 Å². The van der Waals surface area contributed by atoms with Crippen LogP contribution in [0.4, 0.5) is 5.69 Å². The Labute approximate surface area is 123 Å². The molecule has 3 heteroatoms. The summed E-state index contributed by atoms with van der Waals surface area (Å²) in [4.78, 5) is 11.4. The van der Waals surface area contributed by atoms with Gasteiger partial charge in [-0.05, 0) is 18.9 Å². The van der Waals surface area contributed by atoms with Gasteiger partial charge in [0.15, 0.2) is 0 Å². The van der Waals surface area contributed by atoms with Crippen molar-refractivity contribution < 1.29 is 0 Å². The maximum Gasteiger partial charge on any atom is 0.250 e. The molecule has 114 valence electrons. The van der Waals surface area contributed by atoms with E-state index in [4.69, 9.17) is 0 Å². The Morgan fingerprint density at radius 1 is 1.05 bits per heavy atom. The lowest BCUT2D eigenvalue weighted by molar-refractivity contribution is 0.526. The SMILES string of the molecule is CCCCCC(CCCCC)Nc1ccc(=O)n(C)c1. The molecule has 1 aromatic heterocycles. The van der Waals surface area contributed by atoms with E-state index in [9.17, 15) is 4.79 Å². The van der Waals surface area contributed by atoms with Gasteiger partial charge in [0.2, 0.25) is 5.56 Å². The van der Waals surface area contributed by atoms with E-state index < -0.39 is 0 Å². The Morgan fingerprint density at radius 2 is 1.65 bits per heavy atom. The molecule has 0 aliphatic rings. The highest BCUT2D eigenvalue weighted by Gasteiger charge is 2.08. The fourth-order valence-corrected chi connectivity index (χ4v) is 2.49. The number of anilines is 1. The van der Waals surface area contributed by atoms with Crippen LogP contribution in [-0.2, 0) is 7.05 Å². The minimum atomic E-state index is 0.0454. The molecule has 1 rings (SSSR count). The molecule has 0 aliphatic carbocycles. The first-order chi connectivity index (χ1) is 9.67. The highest BCUT2D eigenvalue weighted by atomic mass is 16.1. The number of aromatic nitrogens is 1.